The van der Waals surface area contributed by atoms with Gasteiger partial charge in [-0.15, -0.1) is 0 Å². The van der Waals surface area contributed by atoms with Crippen molar-refractivity contribution in [3.63, 3.8) is 0 Å². The average molecular weight is 298 g/mol. The highest BCUT2D eigenvalue weighted by Gasteiger charge is 2.30. The standard InChI is InChI=1S/C15H26N2O4/c18-10-9-17(13-3-1-2-4-13)15(21)16-12-7-5-11(6-8-12)14(19)20/h11-13,18H,1-10H2,(H,16,21)(H,19,20). The molecule has 0 heterocycles. The van der Waals surface area contributed by atoms with E-state index in [2.05, 4.69) is 5.32 Å². The van der Waals surface area contributed by atoms with Gasteiger partial charge in [0.05, 0.1) is 12.5 Å². The first-order valence-electron chi connectivity index (χ1n) is 8.02. The van der Waals surface area contributed by atoms with Crippen LogP contribution in [0.25, 0.3) is 0 Å². The summed E-state index contributed by atoms with van der Waals surface area (Å²) in [5, 5.41) is 21.2. The number of carboxylic acid groups (broad SMARTS) is 1. The molecule has 120 valence electrons. The minimum absolute atomic E-state index is 0.0182. The quantitative estimate of drug-likeness (QED) is 0.719. The normalized spacial score (nSPS) is 26.5. The summed E-state index contributed by atoms with van der Waals surface area (Å²) in [7, 11) is 0. The molecule has 2 fully saturated rings. The second-order valence-electron chi connectivity index (χ2n) is 6.19. The maximum atomic E-state index is 12.4. The number of urea groups is 1. The molecule has 3 N–H and O–H groups in total. The lowest BCUT2D eigenvalue weighted by atomic mass is 9.86. The lowest BCUT2D eigenvalue weighted by Crippen LogP contribution is -2.50. The molecule has 2 amide bonds. The molecule has 2 aliphatic rings. The molecule has 0 saturated heterocycles. The van der Waals surface area contributed by atoms with E-state index in [0.29, 0.717) is 19.4 Å². The number of rotatable bonds is 5. The maximum Gasteiger partial charge on any atom is 0.317 e. The molecule has 0 aromatic carbocycles. The third-order valence-corrected chi connectivity index (χ3v) is 4.77. The summed E-state index contributed by atoms with van der Waals surface area (Å²) in [6.45, 7) is 0.358. The Morgan fingerprint density at radius 2 is 1.67 bits per heavy atom. The van der Waals surface area contributed by atoms with Crippen molar-refractivity contribution >= 4 is 12.0 Å². The molecule has 0 atom stereocenters. The molecule has 2 saturated carbocycles. The first-order valence-corrected chi connectivity index (χ1v) is 8.02. The van der Waals surface area contributed by atoms with Gasteiger partial charge in [-0.3, -0.25) is 4.79 Å². The Hall–Kier alpha value is -1.30. The monoisotopic (exact) mass is 298 g/mol. The Balaban J connectivity index is 1.83. The van der Waals surface area contributed by atoms with E-state index in [1.807, 2.05) is 0 Å². The van der Waals surface area contributed by atoms with E-state index >= 15 is 0 Å². The predicted octanol–water partition coefficient (Wildman–Crippen LogP) is 1.58. The Labute approximate surface area is 125 Å². The smallest absolute Gasteiger partial charge is 0.317 e. The fourth-order valence-electron chi connectivity index (χ4n) is 3.52. The highest BCUT2D eigenvalue weighted by molar-refractivity contribution is 5.75. The zero-order chi connectivity index (χ0) is 15.2. The number of nitrogens with zero attached hydrogens (tertiary/aromatic N) is 1. The van der Waals surface area contributed by atoms with Crippen LogP contribution in [0.3, 0.4) is 0 Å². The second kappa shape index (κ2) is 7.64. The van der Waals surface area contributed by atoms with E-state index in [4.69, 9.17) is 10.2 Å². The molecule has 2 aliphatic carbocycles. The second-order valence-corrected chi connectivity index (χ2v) is 6.19. The first kappa shape index (κ1) is 16.1. The topological polar surface area (TPSA) is 89.9 Å². The van der Waals surface area contributed by atoms with Crippen LogP contribution in [0.4, 0.5) is 4.79 Å². The van der Waals surface area contributed by atoms with Crippen LogP contribution in [0.2, 0.25) is 0 Å². The summed E-state index contributed by atoms with van der Waals surface area (Å²) in [6.07, 6.45) is 7.01. The van der Waals surface area contributed by atoms with Gasteiger partial charge >= 0.3 is 12.0 Å². The molecule has 0 spiro atoms. The number of aliphatic carboxylic acids is 1. The van der Waals surface area contributed by atoms with Gasteiger partial charge in [0.2, 0.25) is 0 Å². The van der Waals surface area contributed by atoms with Crippen molar-refractivity contribution in [3.05, 3.63) is 0 Å². The highest BCUT2D eigenvalue weighted by atomic mass is 16.4. The Kier molecular flexibility index (Phi) is 5.85. The van der Waals surface area contributed by atoms with Crippen molar-refractivity contribution in [1.82, 2.24) is 10.2 Å². The number of hydrogen-bond acceptors (Lipinski definition) is 3. The van der Waals surface area contributed by atoms with E-state index in [9.17, 15) is 9.59 Å². The third kappa shape index (κ3) is 4.33. The van der Waals surface area contributed by atoms with Crippen molar-refractivity contribution < 1.29 is 19.8 Å². The number of carbonyl (C=O) groups is 2. The predicted molar refractivity (Wildman–Crippen MR) is 78.0 cm³/mol. The minimum Gasteiger partial charge on any atom is -0.481 e. The number of aliphatic hydroxyl groups is 1. The summed E-state index contributed by atoms with van der Waals surface area (Å²) < 4.78 is 0. The number of amides is 2. The summed E-state index contributed by atoms with van der Waals surface area (Å²) in [5.41, 5.74) is 0. The number of nitrogens with one attached hydrogen (secondary N) is 1. The molecule has 0 unspecified atom stereocenters. The van der Waals surface area contributed by atoms with Crippen LogP contribution in [0, 0.1) is 5.92 Å². The fourth-order valence-corrected chi connectivity index (χ4v) is 3.52. The number of aliphatic hydroxyl groups excluding tert-OH is 1. The van der Waals surface area contributed by atoms with Crippen molar-refractivity contribution in [3.8, 4) is 0 Å². The van der Waals surface area contributed by atoms with Crippen molar-refractivity contribution in [2.24, 2.45) is 5.92 Å². The molecular formula is C15H26N2O4. The van der Waals surface area contributed by atoms with Crippen LogP contribution >= 0.6 is 0 Å². The molecule has 21 heavy (non-hydrogen) atoms. The van der Waals surface area contributed by atoms with E-state index in [-0.39, 0.29) is 30.6 Å². The molecule has 0 aliphatic heterocycles. The lowest BCUT2D eigenvalue weighted by molar-refractivity contribution is -0.142. The number of hydrogen-bond donors (Lipinski definition) is 3. The van der Waals surface area contributed by atoms with E-state index in [0.717, 1.165) is 38.5 Å². The van der Waals surface area contributed by atoms with Crippen LogP contribution in [-0.4, -0.2) is 52.3 Å². The van der Waals surface area contributed by atoms with Gasteiger partial charge in [-0.1, -0.05) is 12.8 Å². The van der Waals surface area contributed by atoms with Gasteiger partial charge in [-0.25, -0.2) is 4.79 Å². The van der Waals surface area contributed by atoms with Crippen molar-refractivity contribution in [2.45, 2.75) is 63.5 Å². The molecule has 0 bridgehead atoms. The van der Waals surface area contributed by atoms with Crippen molar-refractivity contribution in [2.75, 3.05) is 13.2 Å². The molecule has 0 aromatic rings. The van der Waals surface area contributed by atoms with Gasteiger partial charge in [0, 0.05) is 18.6 Å². The molecule has 0 radical (unpaired) electrons. The van der Waals surface area contributed by atoms with Gasteiger partial charge in [-0.2, -0.15) is 0 Å². The zero-order valence-electron chi connectivity index (χ0n) is 12.5. The van der Waals surface area contributed by atoms with Gasteiger partial charge in [0.25, 0.3) is 0 Å². The van der Waals surface area contributed by atoms with Crippen LogP contribution < -0.4 is 5.32 Å². The van der Waals surface area contributed by atoms with Crippen molar-refractivity contribution in [1.29, 1.82) is 0 Å². The average Bonchev–Trinajstić information content (AvgIpc) is 2.99. The maximum absolute atomic E-state index is 12.4. The Morgan fingerprint density at radius 3 is 2.19 bits per heavy atom. The zero-order valence-corrected chi connectivity index (χ0v) is 12.5. The van der Waals surface area contributed by atoms with E-state index in [1.165, 1.54) is 0 Å². The first-order chi connectivity index (χ1) is 10.1. The highest BCUT2D eigenvalue weighted by Crippen LogP contribution is 2.26. The lowest BCUT2D eigenvalue weighted by Gasteiger charge is -2.32. The van der Waals surface area contributed by atoms with Gasteiger partial charge in [0.1, 0.15) is 0 Å². The van der Waals surface area contributed by atoms with Crippen LogP contribution in [-0.2, 0) is 4.79 Å². The molecule has 6 heteroatoms. The van der Waals surface area contributed by atoms with Gasteiger partial charge in [-0.05, 0) is 38.5 Å². The fraction of sp³-hybridized carbons (Fsp3) is 0.867. The molecule has 0 aromatic heterocycles. The number of carbonyl (C=O) groups excluding carboxylic acids is 1. The van der Waals surface area contributed by atoms with Gasteiger partial charge < -0.3 is 20.4 Å². The summed E-state index contributed by atoms with van der Waals surface area (Å²) >= 11 is 0. The SMILES string of the molecule is O=C(O)C1CCC(NC(=O)N(CCO)C2CCCC2)CC1. The van der Waals surface area contributed by atoms with E-state index in [1.54, 1.807) is 4.90 Å². The third-order valence-electron chi connectivity index (χ3n) is 4.77. The summed E-state index contributed by atoms with van der Waals surface area (Å²) in [5.74, 6) is -0.992. The Bertz CT molecular complexity index is 361. The van der Waals surface area contributed by atoms with Crippen LogP contribution in [0.5, 0.6) is 0 Å². The van der Waals surface area contributed by atoms with Crippen LogP contribution in [0.1, 0.15) is 51.4 Å². The summed E-state index contributed by atoms with van der Waals surface area (Å²) in [4.78, 5) is 25.1. The largest absolute Gasteiger partial charge is 0.481 e. The number of carboxylic acids is 1. The molecule has 2 rings (SSSR count). The summed E-state index contributed by atoms with van der Waals surface area (Å²) in [6, 6.07) is 0.206. The van der Waals surface area contributed by atoms with Gasteiger partial charge in [0.15, 0.2) is 0 Å². The van der Waals surface area contributed by atoms with Crippen LogP contribution in [0.15, 0.2) is 0 Å². The molecule has 6 nitrogen and oxygen atoms in total. The molecular weight excluding hydrogens is 272 g/mol. The Morgan fingerprint density at radius 1 is 1.05 bits per heavy atom. The van der Waals surface area contributed by atoms with E-state index < -0.39 is 5.97 Å². The minimum atomic E-state index is -0.729.